The number of rotatable bonds is 32. The smallest absolute Gasteiger partial charge is 0.873 e. The average Bonchev–Trinajstić information content (AvgIpc) is 3.27. The molecule has 0 N–H and O–H groups in total. The van der Waals surface area contributed by atoms with Crippen molar-refractivity contribution in [2.45, 2.75) is 228 Å². The van der Waals surface area contributed by atoms with E-state index >= 15 is 0 Å². The van der Waals surface area contributed by atoms with Gasteiger partial charge in [-0.2, -0.15) is 0 Å². The number of hydrogen-bond donors (Lipinski definition) is 0. The van der Waals surface area contributed by atoms with Crippen molar-refractivity contribution >= 4 is 22.8 Å². The maximum absolute atomic E-state index is 11.7. The van der Waals surface area contributed by atoms with Gasteiger partial charge in [0.05, 0.1) is 22.8 Å². The Hall–Kier alpha value is -3.17. The number of nitrogens with zero attached hydrogens (tertiary/aromatic N) is 2. The summed E-state index contributed by atoms with van der Waals surface area (Å²) in [6.45, 7) is 15.2. The SMILES string of the molecule is CCC=CC(=Nc1cccc(CCCCCCCCCC)c1)C(CCCC)=Nc1cccc(CCCCCCCCCC)c1.CCCCCc1cc([O-])c([O-])c(CC)c1CC.[Ni+2]. The van der Waals surface area contributed by atoms with Gasteiger partial charge >= 0.3 is 16.5 Å². The first-order valence-corrected chi connectivity index (χ1v) is 25.4. The first-order valence-electron chi connectivity index (χ1n) is 25.4. The molecule has 0 aliphatic heterocycles. The minimum absolute atomic E-state index is 0. The maximum Gasteiger partial charge on any atom is 2.00 e. The maximum atomic E-state index is 11.7. The fourth-order valence-corrected chi connectivity index (χ4v) is 8.19. The molecule has 0 aliphatic rings. The van der Waals surface area contributed by atoms with E-state index in [0.29, 0.717) is 6.42 Å². The number of unbranched alkanes of at least 4 members (excludes halogenated alkanes) is 17. The summed E-state index contributed by atoms with van der Waals surface area (Å²) in [5.41, 5.74) is 9.99. The number of aliphatic imine (C=N–C) groups is 2. The third kappa shape index (κ3) is 24.0. The Morgan fingerprint density at radius 1 is 0.500 bits per heavy atom. The summed E-state index contributed by atoms with van der Waals surface area (Å²) in [5, 5.41) is 23.4. The fraction of sp³-hybridized carbons (Fsp3) is 0.614. The van der Waals surface area contributed by atoms with E-state index in [9.17, 15) is 10.2 Å². The first kappa shape index (κ1) is 56.9. The Morgan fingerprint density at radius 2 is 0.952 bits per heavy atom. The molecule has 0 amide bonds. The van der Waals surface area contributed by atoms with Crippen molar-refractivity contribution in [3.8, 4) is 11.5 Å². The molecule has 4 nitrogen and oxygen atoms in total. The van der Waals surface area contributed by atoms with E-state index in [4.69, 9.17) is 9.98 Å². The average molecular weight is 892 g/mol. The number of aryl methyl sites for hydroxylation is 3. The third-order valence-electron chi connectivity index (χ3n) is 11.9. The first-order chi connectivity index (χ1) is 29.8. The molecule has 3 aromatic carbocycles. The standard InChI is InChI=1S/C42H66N2.C15H24O2.Ni/c1-5-9-13-15-17-19-21-23-27-37-29-25-31-39(35-37)43-41(33-11-7-3)42(34-12-8-4)44-40-32-26-30-38(36-40)28-24-22-20-18-16-14-10-6-2;1-4-7-8-9-11-10-14(16)15(17)13(6-3)12(11)5-2;/h11,25-26,29-33,35-36H,5-10,12-24,27-28,34H2,1-4H3;10,16-17H,4-9H2,1-3H3;/q;;+2/p-2. The molecule has 3 rings (SSSR count). The summed E-state index contributed by atoms with van der Waals surface area (Å²) in [7, 11) is 0. The normalized spacial score (nSPS) is 11.8. The predicted molar refractivity (Wildman–Crippen MR) is 266 cm³/mol. The number of benzene rings is 3. The van der Waals surface area contributed by atoms with E-state index in [-0.39, 0.29) is 28.0 Å². The molecule has 0 spiro atoms. The molecule has 3 aromatic rings. The van der Waals surface area contributed by atoms with E-state index < -0.39 is 0 Å². The summed E-state index contributed by atoms with van der Waals surface area (Å²) in [5.74, 6) is -0.617. The van der Waals surface area contributed by atoms with Gasteiger partial charge in [0.15, 0.2) is 0 Å². The zero-order chi connectivity index (χ0) is 44.3. The van der Waals surface area contributed by atoms with Crippen molar-refractivity contribution in [1.29, 1.82) is 0 Å². The van der Waals surface area contributed by atoms with Crippen LogP contribution in [0.15, 0.2) is 76.7 Å². The summed E-state index contributed by atoms with van der Waals surface area (Å²) in [6.07, 6.45) is 38.6. The molecule has 0 saturated carbocycles. The van der Waals surface area contributed by atoms with Crippen LogP contribution in [0.25, 0.3) is 0 Å². The molecule has 62 heavy (non-hydrogen) atoms. The van der Waals surface area contributed by atoms with Crippen LogP contribution in [0, 0.1) is 0 Å². The van der Waals surface area contributed by atoms with Crippen LogP contribution < -0.4 is 10.2 Å². The second kappa shape index (κ2) is 37.2. The molecular formula is C57H88N2NiO2. The van der Waals surface area contributed by atoms with Crippen LogP contribution in [0.1, 0.15) is 224 Å². The molecule has 0 radical (unpaired) electrons. The fourth-order valence-electron chi connectivity index (χ4n) is 8.19. The molecule has 0 saturated heterocycles. The van der Waals surface area contributed by atoms with E-state index in [0.717, 1.165) is 97.3 Å². The molecule has 0 fully saturated rings. The topological polar surface area (TPSA) is 70.8 Å². The van der Waals surface area contributed by atoms with Gasteiger partial charge in [-0.05, 0) is 123 Å². The second-order valence-electron chi connectivity index (χ2n) is 17.2. The van der Waals surface area contributed by atoms with Gasteiger partial charge in [0, 0.05) is 0 Å². The zero-order valence-corrected chi connectivity index (χ0v) is 41.7. The third-order valence-corrected chi connectivity index (χ3v) is 11.9. The Balaban J connectivity index is 0.000000892. The van der Waals surface area contributed by atoms with Gasteiger partial charge in [0.25, 0.3) is 0 Å². The van der Waals surface area contributed by atoms with Crippen LogP contribution in [0.4, 0.5) is 11.4 Å². The zero-order valence-electron chi connectivity index (χ0n) is 40.7. The molecule has 5 heteroatoms. The molecule has 348 valence electrons. The van der Waals surface area contributed by atoms with Crippen LogP contribution in [-0.4, -0.2) is 11.4 Å². The van der Waals surface area contributed by atoms with Crippen molar-refractivity contribution in [2.24, 2.45) is 9.98 Å². The Kier molecular flexibility index (Phi) is 34.1. The summed E-state index contributed by atoms with van der Waals surface area (Å²) in [6, 6.07) is 19.4. The van der Waals surface area contributed by atoms with Gasteiger partial charge in [-0.15, -0.1) is 11.5 Å². The van der Waals surface area contributed by atoms with Crippen molar-refractivity contribution in [3.05, 3.63) is 94.6 Å². The van der Waals surface area contributed by atoms with Crippen LogP contribution in [0.3, 0.4) is 0 Å². The van der Waals surface area contributed by atoms with E-state index in [1.807, 2.05) is 6.92 Å². The summed E-state index contributed by atoms with van der Waals surface area (Å²) in [4.78, 5) is 10.5. The van der Waals surface area contributed by atoms with Crippen molar-refractivity contribution in [2.75, 3.05) is 0 Å². The number of hydrogen-bond acceptors (Lipinski definition) is 4. The van der Waals surface area contributed by atoms with E-state index in [2.05, 4.69) is 102 Å². The molecule has 0 bridgehead atoms. The second-order valence-corrected chi connectivity index (χ2v) is 17.2. The Bertz CT molecular complexity index is 1680. The van der Waals surface area contributed by atoms with E-state index in [1.165, 1.54) is 127 Å². The summed E-state index contributed by atoms with van der Waals surface area (Å²) >= 11 is 0. The minimum atomic E-state index is -0.328. The van der Waals surface area contributed by atoms with Gasteiger partial charge < -0.3 is 10.2 Å². The quantitative estimate of drug-likeness (QED) is 0.0356. The molecule has 0 atom stereocenters. The molecular weight excluding hydrogens is 803 g/mol. The minimum Gasteiger partial charge on any atom is -0.873 e. The van der Waals surface area contributed by atoms with Crippen LogP contribution in [0.2, 0.25) is 0 Å². The number of allylic oxidation sites excluding steroid dienone is 2. The molecule has 0 aliphatic carbocycles. The Labute approximate surface area is 392 Å². The monoisotopic (exact) mass is 891 g/mol. The van der Waals surface area contributed by atoms with Crippen LogP contribution in [0.5, 0.6) is 11.5 Å². The van der Waals surface area contributed by atoms with Crippen molar-refractivity contribution in [3.63, 3.8) is 0 Å². The van der Waals surface area contributed by atoms with Crippen LogP contribution in [-0.2, 0) is 48.6 Å². The van der Waals surface area contributed by atoms with Crippen molar-refractivity contribution < 1.29 is 26.7 Å². The Morgan fingerprint density at radius 3 is 1.44 bits per heavy atom. The molecule has 0 heterocycles. The van der Waals surface area contributed by atoms with Crippen molar-refractivity contribution in [1.82, 2.24) is 0 Å². The molecule has 0 unspecified atom stereocenters. The van der Waals surface area contributed by atoms with Gasteiger partial charge in [-0.25, -0.2) is 4.99 Å². The van der Waals surface area contributed by atoms with Gasteiger partial charge in [0.2, 0.25) is 0 Å². The molecule has 0 aromatic heterocycles. The largest absolute Gasteiger partial charge is 2.00 e. The van der Waals surface area contributed by atoms with Gasteiger partial charge in [-0.1, -0.05) is 200 Å². The van der Waals surface area contributed by atoms with Gasteiger partial charge in [-0.3, -0.25) is 4.99 Å². The summed E-state index contributed by atoms with van der Waals surface area (Å²) < 4.78 is 0. The van der Waals surface area contributed by atoms with Crippen LogP contribution >= 0.6 is 0 Å². The van der Waals surface area contributed by atoms with Gasteiger partial charge in [0.1, 0.15) is 0 Å². The predicted octanol–water partition coefficient (Wildman–Crippen LogP) is 16.7. The van der Waals surface area contributed by atoms with E-state index in [1.54, 1.807) is 6.07 Å².